The third-order valence-corrected chi connectivity index (χ3v) is 3.86. The Balaban J connectivity index is 1.80. The van der Waals surface area contributed by atoms with Crippen molar-refractivity contribution in [2.75, 3.05) is 26.7 Å². The first-order chi connectivity index (χ1) is 11.5. The van der Waals surface area contributed by atoms with Crippen LogP contribution in [0.4, 0.5) is 10.1 Å². The van der Waals surface area contributed by atoms with Crippen LogP contribution in [0.2, 0.25) is 0 Å². The molecular formula is C15H16FN5O3. The molecule has 0 saturated carbocycles. The van der Waals surface area contributed by atoms with E-state index in [1.807, 2.05) is 7.05 Å². The van der Waals surface area contributed by atoms with Crippen LogP contribution in [0.25, 0.3) is 12.2 Å². The van der Waals surface area contributed by atoms with Crippen LogP contribution in [-0.2, 0) is 0 Å². The Morgan fingerprint density at radius 3 is 3.08 bits per heavy atom. The van der Waals surface area contributed by atoms with Crippen molar-refractivity contribution in [3.63, 3.8) is 0 Å². The van der Waals surface area contributed by atoms with E-state index < -0.39 is 10.7 Å². The molecule has 8 nitrogen and oxygen atoms in total. The lowest BCUT2D eigenvalue weighted by Crippen LogP contribution is -2.44. The molecule has 2 heterocycles. The number of aromatic nitrogens is 2. The van der Waals surface area contributed by atoms with Crippen molar-refractivity contribution < 1.29 is 13.8 Å². The lowest BCUT2D eigenvalue weighted by molar-refractivity contribution is -0.385. The summed E-state index contributed by atoms with van der Waals surface area (Å²) in [5, 5.41) is 18.2. The molecule has 1 aromatic heterocycles. The van der Waals surface area contributed by atoms with Gasteiger partial charge < -0.3 is 9.84 Å². The molecule has 0 aliphatic carbocycles. The molecule has 3 rings (SSSR count). The topological polar surface area (TPSA) is 97.3 Å². The molecule has 1 aromatic carbocycles. The van der Waals surface area contributed by atoms with Gasteiger partial charge in [0.2, 0.25) is 0 Å². The Bertz CT molecular complexity index is 776. The van der Waals surface area contributed by atoms with Crippen molar-refractivity contribution in [3.8, 4) is 0 Å². The number of rotatable bonds is 4. The van der Waals surface area contributed by atoms with Gasteiger partial charge in [0.15, 0.2) is 5.82 Å². The van der Waals surface area contributed by atoms with Gasteiger partial charge in [0.25, 0.3) is 11.6 Å². The standard InChI is InChI=1S/C15H16FN5O3/c1-20-7-6-17-9-13(20)15-18-14(24-19-15)5-3-10-2-4-11(16)8-12(10)21(22)23/h2-5,8,13,17H,6-7,9H2,1H3/b5-3+. The van der Waals surface area contributed by atoms with Gasteiger partial charge in [-0.05, 0) is 25.3 Å². The van der Waals surface area contributed by atoms with E-state index in [4.69, 9.17) is 4.52 Å². The average molecular weight is 333 g/mol. The summed E-state index contributed by atoms with van der Waals surface area (Å²) >= 11 is 0. The Morgan fingerprint density at radius 2 is 2.33 bits per heavy atom. The predicted octanol–water partition coefficient (Wildman–Crippen LogP) is 1.86. The Kier molecular flexibility index (Phi) is 4.63. The van der Waals surface area contributed by atoms with E-state index in [9.17, 15) is 14.5 Å². The SMILES string of the molecule is CN1CCNCC1c1noc(/C=C/c2ccc(F)cc2[N+](=O)[O-])n1. The van der Waals surface area contributed by atoms with Crippen molar-refractivity contribution in [3.05, 3.63) is 51.4 Å². The number of nitrogens with one attached hydrogen (secondary N) is 1. The van der Waals surface area contributed by atoms with Crippen molar-refractivity contribution >= 4 is 17.8 Å². The zero-order valence-electron chi connectivity index (χ0n) is 13.0. The summed E-state index contributed by atoms with van der Waals surface area (Å²) in [6.07, 6.45) is 2.94. The third kappa shape index (κ3) is 3.47. The lowest BCUT2D eigenvalue weighted by atomic mass is 10.1. The number of likely N-dealkylation sites (N-methyl/N-ethyl adjacent to an activating group) is 1. The maximum Gasteiger partial charge on any atom is 0.279 e. The second-order valence-electron chi connectivity index (χ2n) is 5.48. The van der Waals surface area contributed by atoms with E-state index in [0.717, 1.165) is 31.8 Å². The second kappa shape index (κ2) is 6.85. The van der Waals surface area contributed by atoms with Gasteiger partial charge in [-0.3, -0.25) is 15.0 Å². The normalized spacial score (nSPS) is 19.0. The summed E-state index contributed by atoms with van der Waals surface area (Å²) < 4.78 is 18.3. The van der Waals surface area contributed by atoms with Crippen LogP contribution in [-0.4, -0.2) is 46.6 Å². The first-order valence-electron chi connectivity index (χ1n) is 7.41. The maximum absolute atomic E-state index is 13.1. The molecule has 1 N–H and O–H groups in total. The Labute approximate surface area is 137 Å². The fourth-order valence-corrected chi connectivity index (χ4v) is 2.52. The number of piperazine rings is 1. The van der Waals surface area contributed by atoms with E-state index in [1.165, 1.54) is 18.2 Å². The van der Waals surface area contributed by atoms with Crippen LogP contribution >= 0.6 is 0 Å². The molecule has 0 radical (unpaired) electrons. The summed E-state index contributed by atoms with van der Waals surface area (Å²) in [6, 6.07) is 3.39. The lowest BCUT2D eigenvalue weighted by Gasteiger charge is -2.30. The van der Waals surface area contributed by atoms with Crippen LogP contribution in [0.5, 0.6) is 0 Å². The van der Waals surface area contributed by atoms with Gasteiger partial charge in [0.05, 0.1) is 22.6 Å². The highest BCUT2D eigenvalue weighted by Crippen LogP contribution is 2.23. The molecule has 1 fully saturated rings. The number of nitro benzene ring substituents is 1. The average Bonchev–Trinajstić information content (AvgIpc) is 3.02. The first-order valence-corrected chi connectivity index (χ1v) is 7.41. The zero-order valence-corrected chi connectivity index (χ0v) is 13.0. The van der Waals surface area contributed by atoms with Crippen molar-refractivity contribution in [1.29, 1.82) is 0 Å². The fourth-order valence-electron chi connectivity index (χ4n) is 2.52. The van der Waals surface area contributed by atoms with Gasteiger partial charge in [-0.25, -0.2) is 4.39 Å². The first kappa shape index (κ1) is 16.2. The van der Waals surface area contributed by atoms with E-state index in [-0.39, 0.29) is 23.2 Å². The second-order valence-corrected chi connectivity index (χ2v) is 5.48. The minimum absolute atomic E-state index is 0.0183. The minimum Gasteiger partial charge on any atom is -0.335 e. The van der Waals surface area contributed by atoms with Crippen molar-refractivity contribution in [2.45, 2.75) is 6.04 Å². The van der Waals surface area contributed by atoms with Gasteiger partial charge in [-0.15, -0.1) is 0 Å². The van der Waals surface area contributed by atoms with Crippen LogP contribution in [0.1, 0.15) is 23.3 Å². The minimum atomic E-state index is -0.660. The fraction of sp³-hybridized carbons (Fsp3) is 0.333. The maximum atomic E-state index is 13.1. The van der Waals surface area contributed by atoms with Crippen LogP contribution in [0.3, 0.4) is 0 Å². The summed E-state index contributed by atoms with van der Waals surface area (Å²) in [5.41, 5.74) is -0.0557. The number of nitrogens with zero attached hydrogens (tertiary/aromatic N) is 4. The van der Waals surface area contributed by atoms with Crippen molar-refractivity contribution in [2.24, 2.45) is 0 Å². The van der Waals surface area contributed by atoms with Gasteiger partial charge in [0, 0.05) is 25.7 Å². The zero-order chi connectivity index (χ0) is 17.1. The largest absolute Gasteiger partial charge is 0.335 e. The highest BCUT2D eigenvalue weighted by molar-refractivity contribution is 5.71. The number of hydrogen-bond acceptors (Lipinski definition) is 7. The van der Waals surface area contributed by atoms with Crippen molar-refractivity contribution in [1.82, 2.24) is 20.4 Å². The number of halogens is 1. The number of benzene rings is 1. The summed E-state index contributed by atoms with van der Waals surface area (Å²) in [7, 11) is 1.99. The molecule has 9 heteroatoms. The summed E-state index contributed by atoms with van der Waals surface area (Å²) in [5.74, 6) is 0.132. The Morgan fingerprint density at radius 1 is 1.50 bits per heavy atom. The van der Waals surface area contributed by atoms with E-state index in [1.54, 1.807) is 0 Å². The molecule has 0 spiro atoms. The summed E-state index contributed by atoms with van der Waals surface area (Å²) in [4.78, 5) is 16.8. The monoisotopic (exact) mass is 333 g/mol. The van der Waals surface area contributed by atoms with Crippen LogP contribution in [0.15, 0.2) is 22.7 Å². The van der Waals surface area contributed by atoms with Gasteiger partial charge in [-0.1, -0.05) is 5.16 Å². The molecule has 24 heavy (non-hydrogen) atoms. The molecular weight excluding hydrogens is 317 g/mol. The van der Waals surface area contributed by atoms with Gasteiger partial charge in [0.1, 0.15) is 5.82 Å². The molecule has 1 aliphatic rings. The molecule has 0 amide bonds. The van der Waals surface area contributed by atoms with Gasteiger partial charge >= 0.3 is 0 Å². The number of nitro groups is 1. The molecule has 126 valence electrons. The smallest absolute Gasteiger partial charge is 0.279 e. The molecule has 1 aliphatic heterocycles. The van der Waals surface area contributed by atoms with E-state index >= 15 is 0 Å². The van der Waals surface area contributed by atoms with Crippen LogP contribution in [0, 0.1) is 15.9 Å². The molecule has 2 aromatic rings. The molecule has 1 saturated heterocycles. The highest BCUT2D eigenvalue weighted by Gasteiger charge is 2.24. The highest BCUT2D eigenvalue weighted by atomic mass is 19.1. The molecule has 0 bridgehead atoms. The van der Waals surface area contributed by atoms with Gasteiger partial charge in [-0.2, -0.15) is 4.98 Å². The summed E-state index contributed by atoms with van der Waals surface area (Å²) in [6.45, 7) is 2.51. The van der Waals surface area contributed by atoms with E-state index in [2.05, 4.69) is 20.4 Å². The Hall–Kier alpha value is -2.65. The number of hydrogen-bond donors (Lipinski definition) is 1. The van der Waals surface area contributed by atoms with E-state index in [0.29, 0.717) is 5.82 Å². The quantitative estimate of drug-likeness (QED) is 0.673. The molecule has 1 atom stereocenters. The predicted molar refractivity (Wildman–Crippen MR) is 84.5 cm³/mol. The third-order valence-electron chi connectivity index (χ3n) is 3.86. The molecule has 1 unspecified atom stereocenters. The van der Waals surface area contributed by atoms with Crippen LogP contribution < -0.4 is 5.32 Å².